The number of hydrogen-bond donors (Lipinski definition) is 0. The summed E-state index contributed by atoms with van der Waals surface area (Å²) in [4.78, 5) is 14.6. The number of azide groups is 1. The number of ether oxygens (including phenoxy) is 4. The molecule has 4 atom stereocenters. The average molecular weight is 297 g/mol. The van der Waals surface area contributed by atoms with Gasteiger partial charge in [0.1, 0.15) is 12.2 Å². The molecule has 3 aliphatic rings. The summed E-state index contributed by atoms with van der Waals surface area (Å²) >= 11 is 0. The van der Waals surface area contributed by atoms with Crippen LogP contribution in [-0.2, 0) is 23.7 Å². The number of nitrogens with zero attached hydrogens (tertiary/aromatic N) is 3. The van der Waals surface area contributed by atoms with Gasteiger partial charge >= 0.3 is 5.97 Å². The van der Waals surface area contributed by atoms with Gasteiger partial charge in [-0.1, -0.05) is 11.5 Å². The molecule has 0 amide bonds. The number of methoxy groups -OCH3 is 1. The summed E-state index contributed by atoms with van der Waals surface area (Å²) in [6.07, 6.45) is 2.73. The van der Waals surface area contributed by atoms with Crippen LogP contribution in [0.3, 0.4) is 0 Å². The minimum Gasteiger partial charge on any atom is -0.467 e. The molecule has 0 aromatic heterocycles. The highest BCUT2D eigenvalue weighted by molar-refractivity contribution is 5.76. The van der Waals surface area contributed by atoms with Crippen LogP contribution in [0.25, 0.3) is 10.4 Å². The lowest BCUT2D eigenvalue weighted by atomic mass is 9.94. The number of carbonyl (C=O) groups excluding carboxylic acids is 1. The summed E-state index contributed by atoms with van der Waals surface area (Å²) in [6, 6.07) is 0. The number of hydrogen-bond acceptors (Lipinski definition) is 6. The first-order valence-corrected chi connectivity index (χ1v) is 7.29. The van der Waals surface area contributed by atoms with Gasteiger partial charge in [-0.25, -0.2) is 4.79 Å². The van der Waals surface area contributed by atoms with Crippen molar-refractivity contribution in [2.24, 2.45) is 5.11 Å². The SMILES string of the molecule is COC(=O)[C@H]1O[C@H](CN=[N+]=[N-])[C@H]2OC3(CCCCC3)OC12. The molecule has 8 nitrogen and oxygen atoms in total. The second kappa shape index (κ2) is 5.81. The second-order valence-electron chi connectivity index (χ2n) is 5.67. The van der Waals surface area contributed by atoms with Gasteiger partial charge < -0.3 is 18.9 Å². The molecule has 8 heteroatoms. The quantitative estimate of drug-likeness (QED) is 0.341. The summed E-state index contributed by atoms with van der Waals surface area (Å²) in [7, 11) is 1.31. The molecule has 0 N–H and O–H groups in total. The Morgan fingerprint density at radius 1 is 1.33 bits per heavy atom. The van der Waals surface area contributed by atoms with Crippen molar-refractivity contribution in [3.63, 3.8) is 0 Å². The van der Waals surface area contributed by atoms with E-state index in [4.69, 9.17) is 24.5 Å². The molecule has 21 heavy (non-hydrogen) atoms. The second-order valence-corrected chi connectivity index (χ2v) is 5.67. The van der Waals surface area contributed by atoms with Crippen molar-refractivity contribution < 1.29 is 23.7 Å². The zero-order valence-corrected chi connectivity index (χ0v) is 11.9. The minimum atomic E-state index is -0.819. The molecule has 2 heterocycles. The molecule has 116 valence electrons. The lowest BCUT2D eigenvalue weighted by Gasteiger charge is -2.33. The van der Waals surface area contributed by atoms with Crippen LogP contribution in [0.15, 0.2) is 5.11 Å². The van der Waals surface area contributed by atoms with Gasteiger partial charge in [-0.05, 0) is 18.4 Å². The van der Waals surface area contributed by atoms with Crippen molar-refractivity contribution >= 4 is 5.97 Å². The maximum absolute atomic E-state index is 11.9. The van der Waals surface area contributed by atoms with Crippen LogP contribution in [0, 0.1) is 0 Å². The van der Waals surface area contributed by atoms with Gasteiger partial charge in [-0.3, -0.25) is 0 Å². The van der Waals surface area contributed by atoms with Crippen LogP contribution >= 0.6 is 0 Å². The van der Waals surface area contributed by atoms with E-state index in [9.17, 15) is 4.79 Å². The Hall–Kier alpha value is -1.34. The highest BCUT2D eigenvalue weighted by atomic mass is 16.8. The minimum absolute atomic E-state index is 0.116. The van der Waals surface area contributed by atoms with Crippen molar-refractivity contribution in [1.82, 2.24) is 0 Å². The molecule has 3 fully saturated rings. The molecule has 2 aliphatic heterocycles. The van der Waals surface area contributed by atoms with Gasteiger partial charge in [0.15, 0.2) is 11.9 Å². The largest absolute Gasteiger partial charge is 0.467 e. The van der Waals surface area contributed by atoms with E-state index in [2.05, 4.69) is 10.0 Å². The van der Waals surface area contributed by atoms with Crippen molar-refractivity contribution in [1.29, 1.82) is 0 Å². The van der Waals surface area contributed by atoms with E-state index in [1.807, 2.05) is 0 Å². The fraction of sp³-hybridized carbons (Fsp3) is 0.923. The molecule has 0 radical (unpaired) electrons. The molecule has 1 spiro atoms. The van der Waals surface area contributed by atoms with E-state index in [1.165, 1.54) is 13.5 Å². The van der Waals surface area contributed by atoms with E-state index >= 15 is 0 Å². The summed E-state index contributed by atoms with van der Waals surface area (Å²) in [6.45, 7) is 0.116. The van der Waals surface area contributed by atoms with E-state index < -0.39 is 36.2 Å². The molecule has 1 unspecified atom stereocenters. The van der Waals surface area contributed by atoms with E-state index in [1.54, 1.807) is 0 Å². The number of rotatable bonds is 3. The fourth-order valence-corrected chi connectivity index (χ4v) is 3.42. The summed E-state index contributed by atoms with van der Waals surface area (Å²) in [5.74, 6) is -1.09. The first kappa shape index (κ1) is 14.6. The predicted molar refractivity (Wildman–Crippen MR) is 70.3 cm³/mol. The van der Waals surface area contributed by atoms with Crippen LogP contribution in [0.2, 0.25) is 0 Å². The van der Waals surface area contributed by atoms with Crippen LogP contribution in [0.5, 0.6) is 0 Å². The van der Waals surface area contributed by atoms with Gasteiger partial charge in [0.25, 0.3) is 0 Å². The summed E-state index contributed by atoms with van der Waals surface area (Å²) < 4.78 is 22.6. The normalized spacial score (nSPS) is 37.0. The third kappa shape index (κ3) is 2.60. The van der Waals surface area contributed by atoms with Crippen LogP contribution in [0.4, 0.5) is 0 Å². The standard InChI is InChI=1S/C13H19N3O5/c1-18-12(17)11-10-9(8(19-11)7-15-16-14)20-13(21-10)5-3-2-4-6-13/h8-11H,2-7H2,1H3/t8-,9-,10?,11+/m1/s1. The molecule has 1 saturated carbocycles. The van der Waals surface area contributed by atoms with Gasteiger partial charge in [0.2, 0.25) is 0 Å². The van der Waals surface area contributed by atoms with E-state index in [-0.39, 0.29) is 6.54 Å². The molecule has 0 bridgehead atoms. The smallest absolute Gasteiger partial charge is 0.337 e. The predicted octanol–water partition coefficient (Wildman–Crippen LogP) is 1.68. The van der Waals surface area contributed by atoms with Crippen LogP contribution < -0.4 is 0 Å². The van der Waals surface area contributed by atoms with Gasteiger partial charge in [-0.2, -0.15) is 0 Å². The molecule has 0 aromatic rings. The van der Waals surface area contributed by atoms with Gasteiger partial charge in [0.05, 0.1) is 19.8 Å². The molecule has 1 aliphatic carbocycles. The monoisotopic (exact) mass is 297 g/mol. The number of carbonyl (C=O) groups is 1. The molecule has 0 aromatic carbocycles. The van der Waals surface area contributed by atoms with Crippen molar-refractivity contribution in [2.75, 3.05) is 13.7 Å². The Labute approximate surface area is 122 Å². The molecule has 3 rings (SSSR count). The maximum atomic E-state index is 11.9. The Kier molecular flexibility index (Phi) is 4.03. The lowest BCUT2D eigenvalue weighted by molar-refractivity contribution is -0.225. The van der Waals surface area contributed by atoms with Crippen molar-refractivity contribution in [3.05, 3.63) is 10.4 Å². The lowest BCUT2D eigenvalue weighted by Crippen LogP contribution is -2.39. The Bertz CT molecular complexity index is 459. The summed E-state index contributed by atoms with van der Waals surface area (Å²) in [5, 5.41) is 3.54. The Morgan fingerprint density at radius 2 is 2.05 bits per heavy atom. The third-order valence-corrected chi connectivity index (χ3v) is 4.39. The van der Waals surface area contributed by atoms with Crippen molar-refractivity contribution in [2.45, 2.75) is 62.3 Å². The zero-order chi connectivity index (χ0) is 14.9. The fourth-order valence-electron chi connectivity index (χ4n) is 3.42. The van der Waals surface area contributed by atoms with Crippen molar-refractivity contribution in [3.8, 4) is 0 Å². The van der Waals surface area contributed by atoms with Gasteiger partial charge in [0, 0.05) is 17.8 Å². The van der Waals surface area contributed by atoms with E-state index in [0.29, 0.717) is 0 Å². The highest BCUT2D eigenvalue weighted by Crippen LogP contribution is 2.46. The average Bonchev–Trinajstić information content (AvgIpc) is 3.01. The Balaban J connectivity index is 1.79. The van der Waals surface area contributed by atoms with Crippen LogP contribution in [0.1, 0.15) is 32.1 Å². The Morgan fingerprint density at radius 3 is 2.71 bits per heavy atom. The highest BCUT2D eigenvalue weighted by Gasteiger charge is 2.60. The molecular weight excluding hydrogens is 278 g/mol. The molecule has 2 saturated heterocycles. The molecular formula is C13H19N3O5. The third-order valence-electron chi connectivity index (χ3n) is 4.39. The number of fused-ring (bicyclic) bond motifs is 1. The number of esters is 1. The van der Waals surface area contributed by atoms with Gasteiger partial charge in [-0.15, -0.1) is 0 Å². The summed E-state index contributed by atoms with van der Waals surface area (Å²) in [5.41, 5.74) is 8.47. The zero-order valence-electron chi connectivity index (χ0n) is 11.9. The maximum Gasteiger partial charge on any atom is 0.337 e. The topological polar surface area (TPSA) is 103 Å². The van der Waals surface area contributed by atoms with E-state index in [0.717, 1.165) is 25.7 Å². The van der Waals surface area contributed by atoms with Crippen LogP contribution in [-0.4, -0.2) is 49.8 Å². The first-order valence-electron chi connectivity index (χ1n) is 7.29. The first-order chi connectivity index (χ1) is 10.2.